The highest BCUT2D eigenvalue weighted by atomic mass is 35.5. The molecule has 2 aliphatic carbocycles. The number of hydrogen-bond donors (Lipinski definition) is 1. The lowest BCUT2D eigenvalue weighted by Crippen LogP contribution is -2.36. The van der Waals surface area contributed by atoms with Gasteiger partial charge >= 0.3 is 0 Å². The van der Waals surface area contributed by atoms with Gasteiger partial charge in [0.2, 0.25) is 0 Å². The molecule has 3 rings (SSSR count). The Morgan fingerprint density at radius 1 is 1.13 bits per heavy atom. The van der Waals surface area contributed by atoms with E-state index in [1.54, 1.807) is 6.33 Å². The van der Waals surface area contributed by atoms with E-state index in [1.165, 1.54) is 57.8 Å². The molecule has 1 heterocycles. The molecule has 0 radical (unpaired) electrons. The highest BCUT2D eigenvalue weighted by molar-refractivity contribution is 6.33. The van der Waals surface area contributed by atoms with Crippen LogP contribution < -0.4 is 5.32 Å². The van der Waals surface area contributed by atoms with Crippen molar-refractivity contribution >= 4 is 17.4 Å². The zero-order valence-electron chi connectivity index (χ0n) is 14.6. The van der Waals surface area contributed by atoms with Gasteiger partial charge in [0, 0.05) is 6.04 Å². The summed E-state index contributed by atoms with van der Waals surface area (Å²) in [6.45, 7) is 4.62. The van der Waals surface area contributed by atoms with Gasteiger partial charge in [-0.2, -0.15) is 0 Å². The van der Waals surface area contributed by atoms with Crippen LogP contribution in [0.1, 0.15) is 77.3 Å². The molecule has 1 aromatic heterocycles. The topological polar surface area (TPSA) is 37.8 Å². The normalized spacial score (nSPS) is 27.6. The van der Waals surface area contributed by atoms with Gasteiger partial charge in [0.15, 0.2) is 0 Å². The molecule has 0 spiro atoms. The van der Waals surface area contributed by atoms with Crippen molar-refractivity contribution in [3.8, 4) is 0 Å². The van der Waals surface area contributed by atoms with Crippen LogP contribution in [0.3, 0.4) is 0 Å². The lowest BCUT2D eigenvalue weighted by Gasteiger charge is -2.44. The van der Waals surface area contributed by atoms with Crippen LogP contribution in [-0.4, -0.2) is 16.0 Å². The first kappa shape index (κ1) is 17.0. The van der Waals surface area contributed by atoms with E-state index in [2.05, 4.69) is 29.1 Å². The summed E-state index contributed by atoms with van der Waals surface area (Å²) in [5.74, 6) is 1.73. The Morgan fingerprint density at radius 3 is 2.48 bits per heavy atom. The van der Waals surface area contributed by atoms with Gasteiger partial charge < -0.3 is 5.32 Å². The summed E-state index contributed by atoms with van der Waals surface area (Å²) in [6, 6.07) is 0.510. The van der Waals surface area contributed by atoms with E-state index in [1.807, 2.05) is 0 Å². The predicted octanol–water partition coefficient (Wildman–Crippen LogP) is 5.63. The molecular formula is C19H30ClN3. The second kappa shape index (κ2) is 7.38. The number of aryl methyl sites for hydroxylation is 1. The third-order valence-electron chi connectivity index (χ3n) is 6.25. The standard InChI is InChI=1S/C19H30ClN3/c1-3-16-17(20)18(22-13-21-16)23-15-9-7-14(8-10-15)19(2)11-5-4-6-12-19/h13-15H,3-12H2,1-2H3,(H,21,22,23)/t14-,15+. The summed E-state index contributed by atoms with van der Waals surface area (Å²) in [5, 5.41) is 4.28. The van der Waals surface area contributed by atoms with Crippen LogP contribution in [0.4, 0.5) is 5.82 Å². The number of nitrogens with one attached hydrogen (secondary N) is 1. The van der Waals surface area contributed by atoms with Crippen LogP contribution >= 0.6 is 11.6 Å². The number of nitrogens with zero attached hydrogens (tertiary/aromatic N) is 2. The van der Waals surface area contributed by atoms with Crippen molar-refractivity contribution in [3.05, 3.63) is 17.0 Å². The third-order valence-corrected chi connectivity index (χ3v) is 6.64. The highest BCUT2D eigenvalue weighted by Crippen LogP contribution is 2.48. The molecule has 0 aromatic carbocycles. The van der Waals surface area contributed by atoms with Gasteiger partial charge in [-0.05, 0) is 56.3 Å². The summed E-state index contributed by atoms with van der Waals surface area (Å²) in [4.78, 5) is 8.60. The first-order valence-corrected chi connectivity index (χ1v) is 9.76. The minimum absolute atomic E-state index is 0.510. The van der Waals surface area contributed by atoms with Crippen molar-refractivity contribution < 1.29 is 0 Å². The van der Waals surface area contributed by atoms with Gasteiger partial charge in [-0.1, -0.05) is 44.7 Å². The Balaban J connectivity index is 1.57. The largest absolute Gasteiger partial charge is 0.366 e. The first-order chi connectivity index (χ1) is 11.1. The van der Waals surface area contributed by atoms with Gasteiger partial charge in [0.25, 0.3) is 0 Å². The second-order valence-corrected chi connectivity index (χ2v) is 8.12. The Kier molecular flexibility index (Phi) is 5.45. The van der Waals surface area contributed by atoms with Gasteiger partial charge in [0.05, 0.1) is 5.69 Å². The zero-order chi connectivity index (χ0) is 16.3. The molecule has 0 bridgehead atoms. The van der Waals surface area contributed by atoms with Crippen LogP contribution in [0, 0.1) is 11.3 Å². The van der Waals surface area contributed by atoms with Crippen molar-refractivity contribution in [2.75, 3.05) is 5.32 Å². The minimum Gasteiger partial charge on any atom is -0.366 e. The van der Waals surface area contributed by atoms with Crippen molar-refractivity contribution in [1.29, 1.82) is 0 Å². The lowest BCUT2D eigenvalue weighted by atomic mass is 9.62. The van der Waals surface area contributed by atoms with E-state index in [4.69, 9.17) is 11.6 Å². The van der Waals surface area contributed by atoms with Crippen LogP contribution in [0.5, 0.6) is 0 Å². The van der Waals surface area contributed by atoms with Crippen molar-refractivity contribution in [2.45, 2.75) is 84.1 Å². The van der Waals surface area contributed by atoms with Crippen LogP contribution in [0.2, 0.25) is 5.02 Å². The molecule has 0 aliphatic heterocycles. The molecule has 0 saturated heterocycles. The summed E-state index contributed by atoms with van der Waals surface area (Å²) in [6.07, 6.45) is 14.8. The van der Waals surface area contributed by atoms with Crippen LogP contribution in [-0.2, 0) is 6.42 Å². The minimum atomic E-state index is 0.510. The molecule has 2 fully saturated rings. The molecule has 23 heavy (non-hydrogen) atoms. The van der Waals surface area contributed by atoms with Gasteiger partial charge in [0.1, 0.15) is 17.2 Å². The molecule has 0 unspecified atom stereocenters. The Morgan fingerprint density at radius 2 is 1.83 bits per heavy atom. The molecule has 4 heteroatoms. The van der Waals surface area contributed by atoms with Crippen molar-refractivity contribution in [3.63, 3.8) is 0 Å². The number of aromatic nitrogens is 2. The van der Waals surface area contributed by atoms with Gasteiger partial charge in [-0.25, -0.2) is 9.97 Å². The fourth-order valence-corrected chi connectivity index (χ4v) is 4.93. The maximum absolute atomic E-state index is 6.41. The number of hydrogen-bond acceptors (Lipinski definition) is 3. The number of halogens is 1. The maximum Gasteiger partial charge on any atom is 0.148 e. The Bertz CT molecular complexity index is 517. The quantitative estimate of drug-likeness (QED) is 0.774. The molecule has 2 aliphatic rings. The fourth-order valence-electron chi connectivity index (χ4n) is 4.65. The van der Waals surface area contributed by atoms with E-state index in [-0.39, 0.29) is 0 Å². The third kappa shape index (κ3) is 3.81. The summed E-state index contributed by atoms with van der Waals surface area (Å²) < 4.78 is 0. The Labute approximate surface area is 145 Å². The molecule has 0 amide bonds. The molecule has 2 saturated carbocycles. The van der Waals surface area contributed by atoms with E-state index < -0.39 is 0 Å². The molecular weight excluding hydrogens is 306 g/mol. The molecule has 0 atom stereocenters. The second-order valence-electron chi connectivity index (χ2n) is 7.74. The Hall–Kier alpha value is -0.830. The van der Waals surface area contributed by atoms with Crippen molar-refractivity contribution in [1.82, 2.24) is 9.97 Å². The molecule has 3 nitrogen and oxygen atoms in total. The van der Waals surface area contributed by atoms with E-state index in [0.29, 0.717) is 16.5 Å². The van der Waals surface area contributed by atoms with E-state index in [0.717, 1.165) is 23.9 Å². The molecule has 1 N–H and O–H groups in total. The average Bonchev–Trinajstić information content (AvgIpc) is 2.58. The molecule has 1 aromatic rings. The monoisotopic (exact) mass is 335 g/mol. The van der Waals surface area contributed by atoms with E-state index >= 15 is 0 Å². The van der Waals surface area contributed by atoms with Crippen LogP contribution in [0.25, 0.3) is 0 Å². The van der Waals surface area contributed by atoms with Crippen LogP contribution in [0.15, 0.2) is 6.33 Å². The summed E-state index contributed by atoms with van der Waals surface area (Å²) in [7, 11) is 0. The van der Waals surface area contributed by atoms with E-state index in [9.17, 15) is 0 Å². The highest BCUT2D eigenvalue weighted by Gasteiger charge is 2.37. The predicted molar refractivity (Wildman–Crippen MR) is 97.0 cm³/mol. The number of rotatable bonds is 4. The summed E-state index contributed by atoms with van der Waals surface area (Å²) in [5.41, 5.74) is 1.54. The van der Waals surface area contributed by atoms with Crippen molar-refractivity contribution in [2.24, 2.45) is 11.3 Å². The average molecular weight is 336 g/mol. The fraction of sp³-hybridized carbons (Fsp3) is 0.789. The summed E-state index contributed by atoms with van der Waals surface area (Å²) >= 11 is 6.41. The number of anilines is 1. The maximum atomic E-state index is 6.41. The zero-order valence-corrected chi connectivity index (χ0v) is 15.3. The first-order valence-electron chi connectivity index (χ1n) is 9.38. The molecule has 128 valence electrons. The lowest BCUT2D eigenvalue weighted by molar-refractivity contribution is 0.0848. The smallest absolute Gasteiger partial charge is 0.148 e. The van der Waals surface area contributed by atoms with Gasteiger partial charge in [-0.15, -0.1) is 0 Å². The van der Waals surface area contributed by atoms with Gasteiger partial charge in [-0.3, -0.25) is 0 Å². The SMILES string of the molecule is CCc1ncnc(N[C@H]2CC[C@@H](C3(C)CCCCC3)CC2)c1Cl.